The average molecular weight is 318 g/mol. The van der Waals surface area contributed by atoms with Crippen LogP contribution in [0, 0.1) is 12.8 Å². The molecule has 112 valence electrons. The van der Waals surface area contributed by atoms with Gasteiger partial charge in [-0.15, -0.1) is 11.3 Å². The zero-order valence-corrected chi connectivity index (χ0v) is 12.8. The zero-order valence-electron chi connectivity index (χ0n) is 11.2. The van der Waals surface area contributed by atoms with Crippen LogP contribution >= 0.6 is 11.3 Å². The lowest BCUT2D eigenvalue weighted by atomic mass is 10.0. The molecule has 0 saturated carbocycles. The molecule has 0 bridgehead atoms. The van der Waals surface area contributed by atoms with Crippen molar-refractivity contribution in [2.75, 3.05) is 13.1 Å². The summed E-state index contributed by atoms with van der Waals surface area (Å²) in [6.45, 7) is 2.64. The molecule has 1 saturated heterocycles. The van der Waals surface area contributed by atoms with E-state index in [2.05, 4.69) is 4.72 Å². The predicted molar refractivity (Wildman–Crippen MR) is 76.7 cm³/mol. The lowest BCUT2D eigenvalue weighted by molar-refractivity contribution is -0.142. The third kappa shape index (κ3) is 3.78. The van der Waals surface area contributed by atoms with E-state index in [0.29, 0.717) is 19.4 Å². The lowest BCUT2D eigenvalue weighted by Crippen LogP contribution is -2.47. The molecule has 6 nitrogen and oxygen atoms in total. The zero-order chi connectivity index (χ0) is 14.8. The number of hydrogen-bond donors (Lipinski definition) is 2. The molecule has 2 N–H and O–H groups in total. The molecular formula is C12H18N2O4S2. The number of aryl methyl sites for hydroxylation is 1. The summed E-state index contributed by atoms with van der Waals surface area (Å²) in [6.07, 6.45) is 1.11. The largest absolute Gasteiger partial charge is 0.481 e. The summed E-state index contributed by atoms with van der Waals surface area (Å²) in [5.41, 5.74) is 0. The minimum atomic E-state index is -3.61. The maximum absolute atomic E-state index is 12.2. The van der Waals surface area contributed by atoms with Crippen molar-refractivity contribution in [2.24, 2.45) is 5.92 Å². The molecule has 1 aliphatic rings. The number of nitrogens with one attached hydrogen (secondary N) is 1. The van der Waals surface area contributed by atoms with E-state index in [0.717, 1.165) is 9.75 Å². The number of aliphatic carboxylic acids is 1. The molecule has 0 radical (unpaired) electrons. The Morgan fingerprint density at radius 1 is 1.55 bits per heavy atom. The van der Waals surface area contributed by atoms with Crippen LogP contribution < -0.4 is 4.72 Å². The quantitative estimate of drug-likeness (QED) is 0.854. The number of carboxylic acids is 1. The molecule has 2 rings (SSSR count). The van der Waals surface area contributed by atoms with Gasteiger partial charge in [-0.05, 0) is 31.9 Å². The summed E-state index contributed by atoms with van der Waals surface area (Å²) < 4.78 is 28.1. The van der Waals surface area contributed by atoms with Gasteiger partial charge in [0.25, 0.3) is 10.2 Å². The molecule has 0 aromatic carbocycles. The van der Waals surface area contributed by atoms with Crippen molar-refractivity contribution in [1.29, 1.82) is 0 Å². The number of hydrogen-bond acceptors (Lipinski definition) is 4. The van der Waals surface area contributed by atoms with Crippen LogP contribution in [0.25, 0.3) is 0 Å². The van der Waals surface area contributed by atoms with E-state index in [1.165, 1.54) is 4.31 Å². The first-order valence-electron chi connectivity index (χ1n) is 6.41. The van der Waals surface area contributed by atoms with Crippen molar-refractivity contribution in [2.45, 2.75) is 26.3 Å². The van der Waals surface area contributed by atoms with E-state index in [1.807, 2.05) is 19.1 Å². The molecule has 1 aromatic rings. The fourth-order valence-electron chi connectivity index (χ4n) is 2.20. The second-order valence-corrected chi connectivity index (χ2v) is 8.00. The van der Waals surface area contributed by atoms with E-state index in [1.54, 1.807) is 11.3 Å². The van der Waals surface area contributed by atoms with Crippen molar-refractivity contribution in [1.82, 2.24) is 9.03 Å². The minimum absolute atomic E-state index is 0.0497. The number of nitrogens with zero attached hydrogens (tertiary/aromatic N) is 1. The third-order valence-corrected chi connectivity index (χ3v) is 5.82. The first-order chi connectivity index (χ1) is 9.38. The van der Waals surface area contributed by atoms with Gasteiger partial charge < -0.3 is 5.11 Å². The lowest BCUT2D eigenvalue weighted by Gasteiger charge is -2.29. The Balaban J connectivity index is 1.97. The summed E-state index contributed by atoms with van der Waals surface area (Å²) in [4.78, 5) is 13.0. The van der Waals surface area contributed by atoms with Crippen LogP contribution in [0.3, 0.4) is 0 Å². The SMILES string of the molecule is Cc1ccc(CNS(=O)(=O)N2CCCC(C(=O)O)C2)s1. The van der Waals surface area contributed by atoms with Crippen LogP contribution in [0.5, 0.6) is 0 Å². The van der Waals surface area contributed by atoms with E-state index in [9.17, 15) is 13.2 Å². The van der Waals surface area contributed by atoms with Gasteiger partial charge in [0, 0.05) is 29.4 Å². The number of carbonyl (C=O) groups is 1. The molecular weight excluding hydrogens is 300 g/mol. The average Bonchev–Trinajstić information content (AvgIpc) is 2.82. The highest BCUT2D eigenvalue weighted by molar-refractivity contribution is 7.87. The van der Waals surface area contributed by atoms with Gasteiger partial charge in [0.2, 0.25) is 0 Å². The minimum Gasteiger partial charge on any atom is -0.481 e. The first-order valence-corrected chi connectivity index (χ1v) is 8.67. The molecule has 0 amide bonds. The topological polar surface area (TPSA) is 86.7 Å². The van der Waals surface area contributed by atoms with E-state index in [-0.39, 0.29) is 13.1 Å². The van der Waals surface area contributed by atoms with E-state index in [4.69, 9.17) is 5.11 Å². The van der Waals surface area contributed by atoms with Crippen molar-refractivity contribution in [3.05, 3.63) is 21.9 Å². The third-order valence-electron chi connectivity index (χ3n) is 3.30. The molecule has 0 aliphatic carbocycles. The summed E-state index contributed by atoms with van der Waals surface area (Å²) in [7, 11) is -3.61. The monoisotopic (exact) mass is 318 g/mol. The fraction of sp³-hybridized carbons (Fsp3) is 0.583. The van der Waals surface area contributed by atoms with Gasteiger partial charge >= 0.3 is 5.97 Å². The molecule has 8 heteroatoms. The van der Waals surface area contributed by atoms with Crippen molar-refractivity contribution in [3.63, 3.8) is 0 Å². The standard InChI is InChI=1S/C12H18N2O4S2/c1-9-4-5-11(19-9)7-13-20(17,18)14-6-2-3-10(8-14)12(15)16/h4-5,10,13H,2-3,6-8H2,1H3,(H,15,16). The maximum atomic E-state index is 12.2. The molecule has 20 heavy (non-hydrogen) atoms. The number of carboxylic acid groups (broad SMARTS) is 1. The Labute approximate surface area is 122 Å². The van der Waals surface area contributed by atoms with Crippen LogP contribution in [0.2, 0.25) is 0 Å². The Bertz CT molecular complexity index is 582. The highest BCUT2D eigenvalue weighted by Gasteiger charge is 2.31. The van der Waals surface area contributed by atoms with Crippen molar-refractivity contribution in [3.8, 4) is 0 Å². The molecule has 0 spiro atoms. The van der Waals surface area contributed by atoms with E-state index < -0.39 is 22.1 Å². The van der Waals surface area contributed by atoms with Gasteiger partial charge in [-0.1, -0.05) is 0 Å². The Kier molecular flexibility index (Phi) is 4.79. The summed E-state index contributed by atoms with van der Waals surface area (Å²) in [6, 6.07) is 3.83. The van der Waals surface area contributed by atoms with Gasteiger partial charge in [0.05, 0.1) is 5.92 Å². The number of piperidine rings is 1. The molecule has 1 atom stereocenters. The van der Waals surface area contributed by atoms with Gasteiger partial charge in [-0.3, -0.25) is 4.79 Å². The van der Waals surface area contributed by atoms with Gasteiger partial charge in [-0.2, -0.15) is 17.4 Å². The second kappa shape index (κ2) is 6.21. The predicted octanol–water partition coefficient (Wildman–Crippen LogP) is 1.19. The molecule has 1 fully saturated rings. The number of rotatable bonds is 5. The van der Waals surface area contributed by atoms with Crippen LogP contribution in [0.15, 0.2) is 12.1 Å². The summed E-state index contributed by atoms with van der Waals surface area (Å²) >= 11 is 1.54. The Morgan fingerprint density at radius 3 is 2.90 bits per heavy atom. The van der Waals surface area contributed by atoms with Crippen LogP contribution in [-0.4, -0.2) is 36.9 Å². The highest BCUT2D eigenvalue weighted by atomic mass is 32.2. The van der Waals surface area contributed by atoms with Crippen LogP contribution in [0.1, 0.15) is 22.6 Å². The highest BCUT2D eigenvalue weighted by Crippen LogP contribution is 2.20. The molecule has 1 aliphatic heterocycles. The number of thiophene rings is 1. The Hall–Kier alpha value is -0.960. The fourth-order valence-corrected chi connectivity index (χ4v) is 4.38. The second-order valence-electron chi connectivity index (χ2n) is 4.87. The van der Waals surface area contributed by atoms with E-state index >= 15 is 0 Å². The van der Waals surface area contributed by atoms with Gasteiger partial charge in [0.15, 0.2) is 0 Å². The first kappa shape index (κ1) is 15.4. The van der Waals surface area contributed by atoms with Crippen LogP contribution in [-0.2, 0) is 21.5 Å². The summed E-state index contributed by atoms with van der Waals surface area (Å²) in [5.74, 6) is -1.54. The van der Waals surface area contributed by atoms with Gasteiger partial charge in [0.1, 0.15) is 0 Å². The molecule has 2 heterocycles. The maximum Gasteiger partial charge on any atom is 0.307 e. The molecule has 1 aromatic heterocycles. The smallest absolute Gasteiger partial charge is 0.307 e. The van der Waals surface area contributed by atoms with Gasteiger partial charge in [-0.25, -0.2) is 0 Å². The van der Waals surface area contributed by atoms with Crippen molar-refractivity contribution < 1.29 is 18.3 Å². The molecule has 1 unspecified atom stereocenters. The normalized spacial score (nSPS) is 20.9. The van der Waals surface area contributed by atoms with Crippen molar-refractivity contribution >= 4 is 27.5 Å². The van der Waals surface area contributed by atoms with Crippen LogP contribution in [0.4, 0.5) is 0 Å². The summed E-state index contributed by atoms with van der Waals surface area (Å²) in [5, 5.41) is 8.99. The Morgan fingerprint density at radius 2 is 2.30 bits per heavy atom.